The van der Waals surface area contributed by atoms with Gasteiger partial charge in [-0.3, -0.25) is 9.36 Å². The molecule has 0 saturated heterocycles. The molecule has 2 aliphatic rings. The minimum Gasteiger partial charge on any atom is -0.463 e. The molecule has 0 aliphatic carbocycles. The van der Waals surface area contributed by atoms with Crippen molar-refractivity contribution in [2.45, 2.75) is 13.0 Å². The van der Waals surface area contributed by atoms with Crippen molar-refractivity contribution in [3.63, 3.8) is 0 Å². The van der Waals surface area contributed by atoms with Crippen molar-refractivity contribution in [3.05, 3.63) is 107 Å². The Morgan fingerprint density at radius 2 is 1.97 bits per heavy atom. The van der Waals surface area contributed by atoms with Crippen molar-refractivity contribution in [2.24, 2.45) is 4.99 Å². The molecule has 2 aromatic carbocycles. The Bertz CT molecular complexity index is 1670. The van der Waals surface area contributed by atoms with Gasteiger partial charge in [0, 0.05) is 10.4 Å². The van der Waals surface area contributed by atoms with Crippen LogP contribution in [0.2, 0.25) is 0 Å². The second-order valence-corrected chi connectivity index (χ2v) is 10.0. The number of nitrogens with zero attached hydrogens (tertiary/aromatic N) is 2. The zero-order chi connectivity index (χ0) is 24.6. The largest absolute Gasteiger partial charge is 0.463 e. The van der Waals surface area contributed by atoms with E-state index in [1.165, 1.54) is 22.7 Å². The van der Waals surface area contributed by atoms with E-state index < -0.39 is 12.0 Å². The molecule has 1 unspecified atom stereocenters. The molecular weight excluding hydrogens is 496 g/mol. The highest BCUT2D eigenvalue weighted by Crippen LogP contribution is 2.37. The summed E-state index contributed by atoms with van der Waals surface area (Å²) in [4.78, 5) is 33.3. The fourth-order valence-corrected chi connectivity index (χ4v) is 6.14. The first kappa shape index (κ1) is 22.5. The molecule has 4 aromatic rings. The first-order valence-electron chi connectivity index (χ1n) is 11.4. The average molecular weight is 517 g/mol. The number of thiazole rings is 1. The van der Waals surface area contributed by atoms with Crippen molar-refractivity contribution >= 4 is 40.4 Å². The highest BCUT2D eigenvalue weighted by atomic mass is 32.1. The molecule has 9 heteroatoms. The van der Waals surface area contributed by atoms with Crippen LogP contribution < -0.4 is 24.4 Å². The molecule has 7 nitrogen and oxygen atoms in total. The van der Waals surface area contributed by atoms with Gasteiger partial charge in [-0.05, 0) is 42.1 Å². The van der Waals surface area contributed by atoms with Gasteiger partial charge >= 0.3 is 5.97 Å². The molecule has 0 amide bonds. The van der Waals surface area contributed by atoms with E-state index >= 15 is 0 Å². The number of fused-ring (bicyclic) bond motifs is 2. The van der Waals surface area contributed by atoms with E-state index in [4.69, 9.17) is 19.2 Å². The predicted molar refractivity (Wildman–Crippen MR) is 138 cm³/mol. The van der Waals surface area contributed by atoms with E-state index in [0.29, 0.717) is 32.1 Å². The Morgan fingerprint density at radius 1 is 1.14 bits per heavy atom. The first-order valence-corrected chi connectivity index (χ1v) is 13.0. The highest BCUT2D eigenvalue weighted by molar-refractivity contribution is 7.10. The fourth-order valence-electron chi connectivity index (χ4n) is 4.31. The molecule has 2 aromatic heterocycles. The first-order chi connectivity index (χ1) is 17.6. The van der Waals surface area contributed by atoms with Gasteiger partial charge in [0.1, 0.15) is 6.04 Å². The standard InChI is InChI=1S/C27H20N2O5S2/c1-2-32-26(31)22-23(17-7-4-3-5-8-17)28-27-29(24(22)20-9-6-12-35-20)25(30)21(36-27)14-16-10-11-18-19(13-16)34-15-33-18/h3-14,24H,2,15H2,1H3/b21-14+. The summed E-state index contributed by atoms with van der Waals surface area (Å²) in [5, 5.41) is 1.93. The molecular formula is C27H20N2O5S2. The Morgan fingerprint density at radius 3 is 2.75 bits per heavy atom. The van der Waals surface area contributed by atoms with Gasteiger partial charge in [0.25, 0.3) is 5.56 Å². The number of benzene rings is 2. The Labute approximate surface area is 213 Å². The van der Waals surface area contributed by atoms with Gasteiger partial charge < -0.3 is 14.2 Å². The number of carbonyl (C=O) groups is 1. The zero-order valence-corrected chi connectivity index (χ0v) is 20.8. The molecule has 1 atom stereocenters. The van der Waals surface area contributed by atoms with Crippen LogP contribution in [0.15, 0.2) is 81.4 Å². The Kier molecular flexibility index (Phi) is 5.79. The summed E-state index contributed by atoms with van der Waals surface area (Å²) in [5.74, 6) is 0.838. The van der Waals surface area contributed by atoms with E-state index in [1.54, 1.807) is 11.5 Å². The SMILES string of the molecule is CCOC(=O)C1=C(c2ccccc2)N=c2s/c(=C/c3ccc4c(c3)OCO4)c(=O)n2C1c1cccs1. The molecule has 0 radical (unpaired) electrons. The minimum atomic E-state index is -0.644. The van der Waals surface area contributed by atoms with Crippen LogP contribution in [0.4, 0.5) is 0 Å². The lowest BCUT2D eigenvalue weighted by Gasteiger charge is -2.24. The predicted octanol–water partition coefficient (Wildman–Crippen LogP) is 3.73. The van der Waals surface area contributed by atoms with E-state index in [-0.39, 0.29) is 19.0 Å². The van der Waals surface area contributed by atoms with Gasteiger partial charge in [-0.2, -0.15) is 0 Å². The number of hydrogen-bond acceptors (Lipinski definition) is 8. The Hall–Kier alpha value is -3.95. The molecule has 0 bridgehead atoms. The number of aromatic nitrogens is 1. The van der Waals surface area contributed by atoms with Crippen molar-refractivity contribution in [2.75, 3.05) is 13.4 Å². The van der Waals surface area contributed by atoms with Gasteiger partial charge in [0.2, 0.25) is 6.79 Å². The topological polar surface area (TPSA) is 79.1 Å². The summed E-state index contributed by atoms with van der Waals surface area (Å²) in [7, 11) is 0. The molecule has 180 valence electrons. The van der Waals surface area contributed by atoms with Crippen LogP contribution in [0.3, 0.4) is 0 Å². The number of carbonyl (C=O) groups excluding carboxylic acids is 1. The number of rotatable bonds is 5. The maximum atomic E-state index is 13.8. The number of ether oxygens (including phenoxy) is 3. The van der Waals surface area contributed by atoms with E-state index in [1.807, 2.05) is 72.1 Å². The zero-order valence-electron chi connectivity index (χ0n) is 19.2. The minimum absolute atomic E-state index is 0.181. The highest BCUT2D eigenvalue weighted by Gasteiger charge is 2.35. The third-order valence-corrected chi connectivity index (χ3v) is 7.79. The van der Waals surface area contributed by atoms with Crippen LogP contribution in [-0.4, -0.2) is 23.9 Å². The van der Waals surface area contributed by atoms with E-state index in [0.717, 1.165) is 16.0 Å². The fraction of sp³-hybridized carbons (Fsp3) is 0.148. The molecule has 36 heavy (non-hydrogen) atoms. The maximum Gasteiger partial charge on any atom is 0.338 e. The van der Waals surface area contributed by atoms with Gasteiger partial charge in [0.05, 0.1) is 22.4 Å². The van der Waals surface area contributed by atoms with E-state index in [2.05, 4.69) is 0 Å². The van der Waals surface area contributed by atoms with Crippen LogP contribution >= 0.6 is 22.7 Å². The molecule has 4 heterocycles. The lowest BCUT2D eigenvalue weighted by molar-refractivity contribution is -0.138. The molecule has 0 saturated carbocycles. The molecule has 0 N–H and O–H groups in total. The van der Waals surface area contributed by atoms with Gasteiger partial charge in [0.15, 0.2) is 16.3 Å². The lowest BCUT2D eigenvalue weighted by Crippen LogP contribution is -2.39. The lowest BCUT2D eigenvalue weighted by atomic mass is 9.97. The Balaban J connectivity index is 1.60. The summed E-state index contributed by atoms with van der Waals surface area (Å²) in [6, 6.07) is 18.3. The quantitative estimate of drug-likeness (QED) is 0.378. The van der Waals surface area contributed by atoms with Crippen LogP contribution in [0, 0.1) is 0 Å². The summed E-state index contributed by atoms with van der Waals surface area (Å²) in [5.41, 5.74) is 2.25. The molecule has 2 aliphatic heterocycles. The maximum absolute atomic E-state index is 13.8. The monoisotopic (exact) mass is 516 g/mol. The van der Waals surface area contributed by atoms with Crippen LogP contribution in [0.1, 0.15) is 29.0 Å². The normalized spacial score (nSPS) is 16.6. The summed E-state index contributed by atoms with van der Waals surface area (Å²) in [6.07, 6.45) is 1.81. The average Bonchev–Trinajstić information content (AvgIpc) is 3.65. The third kappa shape index (κ3) is 3.86. The van der Waals surface area contributed by atoms with Crippen molar-refractivity contribution < 1.29 is 19.0 Å². The molecule has 0 spiro atoms. The second-order valence-electron chi connectivity index (χ2n) is 8.06. The van der Waals surface area contributed by atoms with Gasteiger partial charge in [-0.15, -0.1) is 11.3 Å². The molecule has 6 rings (SSSR count). The van der Waals surface area contributed by atoms with Crippen molar-refractivity contribution in [1.29, 1.82) is 0 Å². The second kappa shape index (κ2) is 9.25. The molecule has 0 fully saturated rings. The van der Waals surface area contributed by atoms with Crippen LogP contribution in [-0.2, 0) is 9.53 Å². The summed E-state index contributed by atoms with van der Waals surface area (Å²) in [6.45, 7) is 2.16. The van der Waals surface area contributed by atoms with Crippen molar-refractivity contribution in [3.8, 4) is 11.5 Å². The van der Waals surface area contributed by atoms with Crippen molar-refractivity contribution in [1.82, 2.24) is 4.57 Å². The van der Waals surface area contributed by atoms with Gasteiger partial charge in [-0.25, -0.2) is 9.79 Å². The summed E-state index contributed by atoms with van der Waals surface area (Å²) < 4.78 is 18.5. The number of thiophene rings is 1. The number of esters is 1. The summed E-state index contributed by atoms with van der Waals surface area (Å²) >= 11 is 2.78. The van der Waals surface area contributed by atoms with E-state index in [9.17, 15) is 9.59 Å². The third-order valence-electron chi connectivity index (χ3n) is 5.88. The smallest absolute Gasteiger partial charge is 0.338 e. The van der Waals surface area contributed by atoms with Crippen LogP contribution in [0.25, 0.3) is 11.8 Å². The van der Waals surface area contributed by atoms with Crippen LogP contribution in [0.5, 0.6) is 11.5 Å². The van der Waals surface area contributed by atoms with Gasteiger partial charge in [-0.1, -0.05) is 53.8 Å². The number of hydrogen-bond donors (Lipinski definition) is 0.